The van der Waals surface area contributed by atoms with Gasteiger partial charge in [0.2, 0.25) is 0 Å². The molecule has 0 aliphatic heterocycles. The summed E-state index contributed by atoms with van der Waals surface area (Å²) in [7, 11) is 1.52. The zero-order valence-corrected chi connectivity index (χ0v) is 16.0. The lowest BCUT2D eigenvalue weighted by Gasteiger charge is -2.69. The number of aliphatic hydroxyl groups excluding tert-OH is 1. The van der Waals surface area contributed by atoms with Crippen LogP contribution < -0.4 is 0 Å². The van der Waals surface area contributed by atoms with Crippen LogP contribution in [0.15, 0.2) is 0 Å². The molecule has 0 radical (unpaired) electrons. The predicted molar refractivity (Wildman–Crippen MR) is 94.7 cm³/mol. The average molecular weight is 350 g/mol. The monoisotopic (exact) mass is 350 g/mol. The molecule has 5 fully saturated rings. The van der Waals surface area contributed by atoms with Gasteiger partial charge in [-0.2, -0.15) is 0 Å². The van der Waals surface area contributed by atoms with E-state index in [0.717, 1.165) is 44.9 Å². The molecule has 0 aromatic rings. The lowest BCUT2D eigenvalue weighted by molar-refractivity contribution is -0.245. The van der Waals surface area contributed by atoms with Crippen LogP contribution in [-0.2, 0) is 9.53 Å². The fraction of sp³-hybridized carbons (Fsp3) is 0.952. The summed E-state index contributed by atoms with van der Waals surface area (Å²) in [6, 6.07) is 0. The SMILES string of the molecule is COC(=O)[C@]1(C)CCC[C@@]2(C)[C@@H]3C[C@H]4CC[C@]3(CC[C@@H]21)C[C@]4(O)CO. The summed E-state index contributed by atoms with van der Waals surface area (Å²) in [5.41, 5.74) is -0.938. The van der Waals surface area contributed by atoms with Crippen molar-refractivity contribution in [2.24, 2.45) is 34.0 Å². The Balaban J connectivity index is 1.72. The van der Waals surface area contributed by atoms with E-state index in [0.29, 0.717) is 11.8 Å². The third-order valence-electron chi connectivity index (χ3n) is 9.30. The van der Waals surface area contributed by atoms with Crippen LogP contribution in [0.1, 0.15) is 71.6 Å². The van der Waals surface area contributed by atoms with Gasteiger partial charge in [0.25, 0.3) is 0 Å². The molecule has 0 aromatic heterocycles. The van der Waals surface area contributed by atoms with Gasteiger partial charge in [0.1, 0.15) is 0 Å². The maximum atomic E-state index is 12.7. The van der Waals surface area contributed by atoms with Crippen LogP contribution in [0.4, 0.5) is 0 Å². The summed E-state index contributed by atoms with van der Waals surface area (Å²) in [6.07, 6.45) is 9.32. The van der Waals surface area contributed by atoms with Crippen LogP contribution in [0.2, 0.25) is 0 Å². The molecule has 4 heteroatoms. The fourth-order valence-electron chi connectivity index (χ4n) is 8.17. The number of esters is 1. The Hall–Kier alpha value is -0.610. The van der Waals surface area contributed by atoms with Gasteiger partial charge >= 0.3 is 5.97 Å². The molecule has 5 aliphatic carbocycles. The number of hydrogen-bond donors (Lipinski definition) is 2. The normalized spacial score (nSPS) is 54.5. The minimum Gasteiger partial charge on any atom is -0.469 e. The molecule has 5 aliphatic rings. The van der Waals surface area contributed by atoms with Crippen molar-refractivity contribution in [3.05, 3.63) is 0 Å². The lowest BCUT2D eigenvalue weighted by Crippen LogP contribution is -2.66. The Kier molecular flexibility index (Phi) is 3.88. The molecule has 2 bridgehead atoms. The molecular formula is C21H34O4. The Morgan fingerprint density at radius 2 is 1.84 bits per heavy atom. The molecule has 2 N–H and O–H groups in total. The number of ether oxygens (including phenoxy) is 1. The van der Waals surface area contributed by atoms with Crippen LogP contribution in [0.3, 0.4) is 0 Å². The van der Waals surface area contributed by atoms with E-state index < -0.39 is 5.60 Å². The molecule has 4 nitrogen and oxygen atoms in total. The van der Waals surface area contributed by atoms with E-state index >= 15 is 0 Å². The maximum Gasteiger partial charge on any atom is 0.311 e. The zero-order valence-electron chi connectivity index (χ0n) is 16.0. The van der Waals surface area contributed by atoms with E-state index in [1.807, 2.05) is 0 Å². The summed E-state index contributed by atoms with van der Waals surface area (Å²) in [4.78, 5) is 12.7. The van der Waals surface area contributed by atoms with Gasteiger partial charge in [-0.15, -0.1) is 0 Å². The van der Waals surface area contributed by atoms with Crippen molar-refractivity contribution in [1.82, 2.24) is 0 Å². The van der Waals surface area contributed by atoms with Gasteiger partial charge in [-0.3, -0.25) is 4.79 Å². The summed E-state index contributed by atoms with van der Waals surface area (Å²) in [5.74, 6) is 1.12. The molecule has 0 aromatic carbocycles. The number of carbonyl (C=O) groups is 1. The second-order valence-electron chi connectivity index (χ2n) is 10.2. The number of hydrogen-bond acceptors (Lipinski definition) is 4. The van der Waals surface area contributed by atoms with Crippen molar-refractivity contribution in [2.75, 3.05) is 13.7 Å². The highest BCUT2D eigenvalue weighted by atomic mass is 16.5. The van der Waals surface area contributed by atoms with Crippen LogP contribution in [0, 0.1) is 34.0 Å². The van der Waals surface area contributed by atoms with Gasteiger partial charge in [0.15, 0.2) is 0 Å². The molecule has 5 rings (SSSR count). The largest absolute Gasteiger partial charge is 0.469 e. The van der Waals surface area contributed by atoms with Crippen molar-refractivity contribution in [2.45, 2.75) is 77.2 Å². The molecule has 1 spiro atoms. The first-order valence-electron chi connectivity index (χ1n) is 10.2. The number of aliphatic hydroxyl groups is 2. The highest BCUT2D eigenvalue weighted by Crippen LogP contribution is 2.72. The summed E-state index contributed by atoms with van der Waals surface area (Å²) in [6.45, 7) is 4.44. The van der Waals surface area contributed by atoms with Crippen molar-refractivity contribution in [3.8, 4) is 0 Å². The molecule has 0 amide bonds. The first-order valence-corrected chi connectivity index (χ1v) is 10.2. The summed E-state index contributed by atoms with van der Waals surface area (Å²) >= 11 is 0. The van der Waals surface area contributed by atoms with E-state index in [-0.39, 0.29) is 34.7 Å². The van der Waals surface area contributed by atoms with E-state index in [2.05, 4.69) is 13.8 Å². The number of fused-ring (bicyclic) bond motifs is 3. The van der Waals surface area contributed by atoms with E-state index in [1.54, 1.807) is 0 Å². The van der Waals surface area contributed by atoms with Crippen molar-refractivity contribution >= 4 is 5.97 Å². The number of carbonyl (C=O) groups excluding carboxylic acids is 1. The first-order chi connectivity index (χ1) is 11.7. The van der Waals surface area contributed by atoms with Crippen molar-refractivity contribution < 1.29 is 19.7 Å². The minimum atomic E-state index is -0.877. The lowest BCUT2D eigenvalue weighted by atomic mass is 9.35. The van der Waals surface area contributed by atoms with E-state index in [1.165, 1.54) is 20.0 Å². The third-order valence-corrected chi connectivity index (χ3v) is 9.30. The third kappa shape index (κ3) is 2.16. The second-order valence-corrected chi connectivity index (χ2v) is 10.2. The number of rotatable bonds is 2. The topological polar surface area (TPSA) is 66.8 Å². The standard InChI is InChI=1S/C21H34O4/c1-18-7-4-8-19(2,17(23)25-3)15(18)6-10-20-9-5-14(11-16(18)20)21(24,12-20)13-22/h14-16,22,24H,4-13H2,1-3H3/t14-,15+,16+,18-,19-,20+,21+/m1/s1. The van der Waals surface area contributed by atoms with Gasteiger partial charge in [0.05, 0.1) is 24.7 Å². The van der Waals surface area contributed by atoms with Crippen LogP contribution in [-0.4, -0.2) is 35.5 Å². The quantitative estimate of drug-likeness (QED) is 0.750. The van der Waals surface area contributed by atoms with Crippen LogP contribution in [0.25, 0.3) is 0 Å². The second kappa shape index (κ2) is 5.45. The molecule has 7 atom stereocenters. The predicted octanol–water partition coefficient (Wildman–Crippen LogP) is 3.30. The van der Waals surface area contributed by atoms with E-state index in [9.17, 15) is 15.0 Å². The molecule has 0 heterocycles. The van der Waals surface area contributed by atoms with E-state index in [4.69, 9.17) is 4.74 Å². The van der Waals surface area contributed by atoms with Crippen LogP contribution in [0.5, 0.6) is 0 Å². The Morgan fingerprint density at radius 1 is 1.12 bits per heavy atom. The fourth-order valence-corrected chi connectivity index (χ4v) is 8.17. The van der Waals surface area contributed by atoms with Gasteiger partial charge < -0.3 is 14.9 Å². The zero-order chi connectivity index (χ0) is 18.1. The summed E-state index contributed by atoms with van der Waals surface area (Å²) in [5, 5.41) is 20.8. The van der Waals surface area contributed by atoms with Crippen LogP contribution >= 0.6 is 0 Å². The maximum absolute atomic E-state index is 12.7. The summed E-state index contributed by atoms with van der Waals surface area (Å²) < 4.78 is 5.22. The highest BCUT2D eigenvalue weighted by molar-refractivity contribution is 5.77. The average Bonchev–Trinajstić information content (AvgIpc) is 2.60. The molecule has 5 saturated carbocycles. The van der Waals surface area contributed by atoms with Gasteiger partial charge in [-0.25, -0.2) is 0 Å². The Bertz CT molecular complexity index is 576. The highest BCUT2D eigenvalue weighted by Gasteiger charge is 2.68. The van der Waals surface area contributed by atoms with Crippen molar-refractivity contribution in [3.63, 3.8) is 0 Å². The smallest absolute Gasteiger partial charge is 0.311 e. The number of methoxy groups -OCH3 is 1. The van der Waals surface area contributed by atoms with Gasteiger partial charge in [0, 0.05) is 0 Å². The molecule has 0 unspecified atom stereocenters. The molecule has 25 heavy (non-hydrogen) atoms. The van der Waals surface area contributed by atoms with Gasteiger partial charge in [-0.05, 0) is 86.9 Å². The molecule has 0 saturated heterocycles. The molecular weight excluding hydrogens is 316 g/mol. The first kappa shape index (κ1) is 17.8. The van der Waals surface area contributed by atoms with Gasteiger partial charge in [-0.1, -0.05) is 13.3 Å². The minimum absolute atomic E-state index is 0.0350. The Morgan fingerprint density at radius 3 is 2.52 bits per heavy atom. The Labute approximate surface area is 151 Å². The van der Waals surface area contributed by atoms with Crippen molar-refractivity contribution in [1.29, 1.82) is 0 Å². The molecule has 142 valence electrons.